The number of nitrogens with zero attached hydrogens (tertiary/aromatic N) is 5. The molecule has 0 spiro atoms. The number of benzene rings is 15. The highest BCUT2D eigenvalue weighted by atomic mass is 32.2. The second-order valence-corrected chi connectivity index (χ2v) is 35.5. The van der Waals surface area contributed by atoms with E-state index in [2.05, 4.69) is 392 Å². The van der Waals surface area contributed by atoms with Crippen LogP contribution in [0.4, 0.5) is 108 Å². The molecule has 0 bridgehead atoms. The molecule has 0 atom stereocenters. The zero-order chi connectivity index (χ0) is 75.9. The van der Waals surface area contributed by atoms with Crippen molar-refractivity contribution in [3.05, 3.63) is 349 Å². The molecule has 0 saturated heterocycles. The summed E-state index contributed by atoms with van der Waals surface area (Å²) in [5.74, 6) is 0. The van der Waals surface area contributed by atoms with Gasteiger partial charge in [-0.25, -0.2) is 0 Å². The van der Waals surface area contributed by atoms with Gasteiger partial charge in [-0.3, -0.25) is 0 Å². The molecule has 0 saturated carbocycles. The summed E-state index contributed by atoms with van der Waals surface area (Å²) in [4.78, 5) is 18.0. The summed E-state index contributed by atoms with van der Waals surface area (Å²) in [5, 5.41) is 11.3. The predicted molar refractivity (Wildman–Crippen MR) is 494 cm³/mol. The van der Waals surface area contributed by atoms with Gasteiger partial charge in [-0.1, -0.05) is 217 Å². The van der Waals surface area contributed by atoms with Crippen molar-refractivity contribution in [3.63, 3.8) is 0 Å². The summed E-state index contributed by atoms with van der Waals surface area (Å²) >= 11 is 7.84. The van der Waals surface area contributed by atoms with E-state index in [0.717, 1.165) is 85.3 Å². The first-order chi connectivity index (χ1) is 56.0. The summed E-state index contributed by atoms with van der Waals surface area (Å²) < 4.78 is 5.39. The highest BCUT2D eigenvalue weighted by molar-refractivity contribution is 8.01. The van der Waals surface area contributed by atoms with Crippen LogP contribution < -0.4 is 82.9 Å². The van der Waals surface area contributed by atoms with Gasteiger partial charge in [-0.2, -0.15) is 0 Å². The summed E-state index contributed by atoms with van der Waals surface area (Å²) in [6.07, 6.45) is 0. The lowest BCUT2D eigenvalue weighted by Gasteiger charge is -2.46. The molecular formula is C100H72B3N7S4. The van der Waals surface area contributed by atoms with Crippen LogP contribution in [0.25, 0.3) is 20.2 Å². The van der Waals surface area contributed by atoms with Crippen molar-refractivity contribution >= 4 is 242 Å². The second-order valence-electron chi connectivity index (χ2n) is 31.2. The van der Waals surface area contributed by atoms with E-state index >= 15 is 0 Å². The number of rotatable bonds is 11. The predicted octanol–water partition coefficient (Wildman–Crippen LogP) is 22.5. The highest BCUT2D eigenvalue weighted by Gasteiger charge is 2.50. The fourth-order valence-electron chi connectivity index (χ4n) is 19.8. The molecule has 2 aromatic heterocycles. The fourth-order valence-corrected chi connectivity index (χ4v) is 25.3. The standard InChI is InChI=1S/C100H72B3N7S4/c1-59-45-61(3)95(62(4)46-59)109-84-58-85-79(103-94-87(110(85)96-63(5)47-60(2)48-64(96)6)52-73(108(69-37-21-11-22-38-69)70-39-23-12-24-40-70)54-91(94)112-98-75-42-26-28-44-89(75)114-100(98)103)56-78(84)101-76-55-77-81(57-80(76)104-82-49-71(51-86(109)92(82)101)106(65-29-13-7-14-30-65)66-31-15-8-16-32-66)105-83-50-72(107(67-33-17-9-18-34-67)68-35-19-10-20-36-68)53-90-93(83)102(77)99-97(111-90)74-41-25-27-43-88(74)113-99/h7-58,104-105H,1-6H3. The smallest absolute Gasteiger partial charge is 0.262 e. The lowest BCUT2D eigenvalue weighted by Crippen LogP contribution is -2.65. The lowest BCUT2D eigenvalue weighted by atomic mass is 9.30. The molecule has 23 rings (SSSR count). The van der Waals surface area contributed by atoms with Crippen LogP contribution in [0.1, 0.15) is 33.4 Å². The number of para-hydroxylation sites is 6. The highest BCUT2D eigenvalue weighted by Crippen LogP contribution is 2.54. The van der Waals surface area contributed by atoms with Crippen LogP contribution in [0.2, 0.25) is 0 Å². The number of nitrogens with one attached hydrogen (secondary N) is 2. The van der Waals surface area contributed by atoms with Crippen molar-refractivity contribution < 1.29 is 0 Å². The third kappa shape index (κ3) is 10.4. The Labute approximate surface area is 682 Å². The summed E-state index contributed by atoms with van der Waals surface area (Å²) in [5.41, 5.74) is 37.6. The molecule has 6 aliphatic heterocycles. The summed E-state index contributed by atoms with van der Waals surface area (Å²) in [7, 11) is 0. The molecule has 0 radical (unpaired) electrons. The number of hydrogen-bond acceptors (Lipinski definition) is 11. The zero-order valence-corrected chi connectivity index (χ0v) is 66.9. The number of hydrogen-bond donors (Lipinski definition) is 2. The van der Waals surface area contributed by atoms with E-state index in [9.17, 15) is 0 Å². The maximum atomic E-state index is 4.37. The molecule has 6 aliphatic rings. The lowest BCUT2D eigenvalue weighted by molar-refractivity contribution is 1.18. The minimum absolute atomic E-state index is 0.0733. The van der Waals surface area contributed by atoms with Gasteiger partial charge in [0.2, 0.25) is 0 Å². The van der Waals surface area contributed by atoms with Gasteiger partial charge in [-0.15, -0.1) is 22.7 Å². The average molecular weight is 1530 g/mol. The molecule has 0 amide bonds. The maximum absolute atomic E-state index is 4.37. The third-order valence-corrected chi connectivity index (χ3v) is 29.2. The zero-order valence-electron chi connectivity index (χ0n) is 63.6. The van der Waals surface area contributed by atoms with Gasteiger partial charge in [-0.05, 0) is 245 Å². The van der Waals surface area contributed by atoms with Gasteiger partial charge in [0.15, 0.2) is 0 Å². The quantitative estimate of drug-likeness (QED) is 0.123. The van der Waals surface area contributed by atoms with Crippen molar-refractivity contribution in [1.29, 1.82) is 0 Å². The van der Waals surface area contributed by atoms with E-state index in [-0.39, 0.29) is 20.1 Å². The summed E-state index contributed by atoms with van der Waals surface area (Å²) in [6, 6.07) is 119. The van der Waals surface area contributed by atoms with Crippen molar-refractivity contribution in [2.45, 2.75) is 61.1 Å². The molecule has 0 unspecified atom stereocenters. The molecule has 7 nitrogen and oxygen atoms in total. The molecule has 0 fully saturated rings. The molecular weight excluding hydrogens is 1460 g/mol. The SMILES string of the molecule is Cc1cc(C)c(N2c3cc4c(cc3B3c5cc6c(cc5Nc5cc(N(c7ccccc7)c7ccccc7)cc2c53)Nc2cc(N(c3ccccc3)c3ccccc3)cc3c2B6c2sc5ccccc5c2S3)B2c3sc5ccccc5c3Sc3cc(N(c5ccccc5)c5ccccc5)cc(c32)N4c2c(C)cc(C)cc2C)c(C)c1. The largest absolute Gasteiger partial charge is 0.356 e. The van der Waals surface area contributed by atoms with E-state index in [1.54, 1.807) is 0 Å². The maximum Gasteiger partial charge on any atom is 0.262 e. The van der Waals surface area contributed by atoms with Gasteiger partial charge in [0.25, 0.3) is 20.1 Å². The van der Waals surface area contributed by atoms with Crippen LogP contribution in [0.5, 0.6) is 0 Å². The van der Waals surface area contributed by atoms with Crippen LogP contribution in [-0.2, 0) is 0 Å². The first-order valence-electron chi connectivity index (χ1n) is 39.3. The molecule has 17 aromatic rings. The molecule has 8 heterocycles. The monoisotopic (exact) mass is 1530 g/mol. The molecule has 114 heavy (non-hydrogen) atoms. The second kappa shape index (κ2) is 26.1. The first-order valence-corrected chi connectivity index (χ1v) is 42.6. The normalized spacial score (nSPS) is 13.3. The first kappa shape index (κ1) is 67.4. The molecule has 540 valence electrons. The number of fused-ring (bicyclic) bond motifs is 16. The van der Waals surface area contributed by atoms with E-state index in [1.807, 2.05) is 46.2 Å². The minimum Gasteiger partial charge on any atom is -0.356 e. The Morgan fingerprint density at radius 1 is 0.272 bits per heavy atom. The van der Waals surface area contributed by atoms with E-state index < -0.39 is 0 Å². The van der Waals surface area contributed by atoms with Crippen LogP contribution in [0, 0.1) is 41.5 Å². The van der Waals surface area contributed by atoms with Gasteiger partial charge in [0.05, 0.1) is 17.1 Å². The average Bonchev–Trinajstić information content (AvgIpc) is 0.942. The van der Waals surface area contributed by atoms with Gasteiger partial charge >= 0.3 is 0 Å². The Morgan fingerprint density at radius 2 is 0.605 bits per heavy atom. The Bertz CT molecular complexity index is 6720. The van der Waals surface area contributed by atoms with Crippen molar-refractivity contribution in [2.24, 2.45) is 0 Å². The Morgan fingerprint density at radius 3 is 1.04 bits per heavy atom. The van der Waals surface area contributed by atoms with Crippen LogP contribution >= 0.6 is 46.2 Å². The van der Waals surface area contributed by atoms with E-state index in [0.29, 0.717) is 0 Å². The number of aryl methyl sites for hydroxylation is 6. The number of thiophene rings is 2. The number of anilines is 19. The topological polar surface area (TPSA) is 40.3 Å². The minimum atomic E-state index is -0.256. The Kier molecular flexibility index (Phi) is 15.5. The van der Waals surface area contributed by atoms with Crippen LogP contribution in [-0.4, -0.2) is 20.1 Å². The Balaban J connectivity index is 0.828. The van der Waals surface area contributed by atoms with E-state index in [4.69, 9.17) is 0 Å². The molecule has 14 heteroatoms. The van der Waals surface area contributed by atoms with Crippen molar-refractivity contribution in [3.8, 4) is 0 Å². The van der Waals surface area contributed by atoms with E-state index in [1.165, 1.54) is 144 Å². The van der Waals surface area contributed by atoms with Crippen molar-refractivity contribution in [1.82, 2.24) is 0 Å². The van der Waals surface area contributed by atoms with Crippen LogP contribution in [0.3, 0.4) is 0 Å². The molecule has 2 N–H and O–H groups in total. The van der Waals surface area contributed by atoms with Gasteiger partial charge in [0, 0.05) is 131 Å². The molecule has 0 aliphatic carbocycles. The summed E-state index contributed by atoms with van der Waals surface area (Å²) in [6.45, 7) is 13.4. The third-order valence-electron chi connectivity index (χ3n) is 24.1. The van der Waals surface area contributed by atoms with Gasteiger partial charge in [0.1, 0.15) is 0 Å². The van der Waals surface area contributed by atoms with Crippen molar-refractivity contribution in [2.75, 3.05) is 35.1 Å². The fraction of sp³-hybridized carbons (Fsp3) is 0.0600. The van der Waals surface area contributed by atoms with Crippen LogP contribution in [0.15, 0.2) is 335 Å². The van der Waals surface area contributed by atoms with Gasteiger partial charge < -0.3 is 35.1 Å². The molecule has 15 aromatic carbocycles. The Hall–Kier alpha value is -12.3.